The third kappa shape index (κ3) is 14.9. The fourth-order valence-electron chi connectivity index (χ4n) is 3.71. The third-order valence-electron chi connectivity index (χ3n) is 6.06. The molecule has 1 fully saturated rings. The van der Waals surface area contributed by atoms with Crippen LogP contribution in [0, 0.1) is 11.8 Å². The minimum absolute atomic E-state index is 0. The molecule has 2 atom stereocenters. The molecule has 1 heterocycles. The summed E-state index contributed by atoms with van der Waals surface area (Å²) in [5.41, 5.74) is 2.73. The molecule has 3 N–H and O–H groups in total. The van der Waals surface area contributed by atoms with Crippen LogP contribution in [0.2, 0.25) is 0 Å². The summed E-state index contributed by atoms with van der Waals surface area (Å²) >= 11 is 0. The second-order valence-corrected chi connectivity index (χ2v) is 13.6. The van der Waals surface area contributed by atoms with E-state index in [-0.39, 0.29) is 59.1 Å². The van der Waals surface area contributed by atoms with Crippen LogP contribution in [-0.4, -0.2) is 61.2 Å². The summed E-state index contributed by atoms with van der Waals surface area (Å²) in [6.07, 6.45) is 0.288. The lowest BCUT2D eigenvalue weighted by Crippen LogP contribution is -2.18. The summed E-state index contributed by atoms with van der Waals surface area (Å²) in [6, 6.07) is 28.3. The van der Waals surface area contributed by atoms with Crippen molar-refractivity contribution in [2.75, 3.05) is 45.9 Å². The number of hydrogen-bond acceptors (Lipinski definition) is 9. The van der Waals surface area contributed by atoms with Gasteiger partial charge in [-0.1, -0.05) is 98.4 Å². The summed E-state index contributed by atoms with van der Waals surface area (Å²) < 4.78 is 62.2. The van der Waals surface area contributed by atoms with Gasteiger partial charge in [-0.3, -0.25) is 13.5 Å². The van der Waals surface area contributed by atoms with Crippen LogP contribution in [0.15, 0.2) is 91.0 Å². The second kappa shape index (κ2) is 21.5. The number of alkyl halides is 1. The predicted molar refractivity (Wildman–Crippen MR) is 167 cm³/mol. The van der Waals surface area contributed by atoms with Gasteiger partial charge in [-0.25, -0.2) is 0 Å². The Morgan fingerprint density at radius 2 is 1.30 bits per heavy atom. The van der Waals surface area contributed by atoms with Crippen LogP contribution in [0.25, 0.3) is 0 Å². The van der Waals surface area contributed by atoms with E-state index in [1.165, 1.54) is 0 Å². The highest BCUT2D eigenvalue weighted by molar-refractivity contribution is 7.54. The minimum atomic E-state index is -3.46. The first-order chi connectivity index (χ1) is 20.8. The van der Waals surface area contributed by atoms with Gasteiger partial charge in [0.05, 0.1) is 47.3 Å². The Morgan fingerprint density at radius 1 is 0.884 bits per heavy atom. The maximum absolute atomic E-state index is 13.0. The quantitative estimate of drug-likeness (QED) is 0.169. The van der Waals surface area contributed by atoms with Gasteiger partial charge >= 0.3 is 15.2 Å². The lowest BCUT2D eigenvalue weighted by Gasteiger charge is -2.22. The maximum Gasteiger partial charge on any atom is 0.331 e. The molecule has 43 heavy (non-hydrogen) atoms. The van der Waals surface area contributed by atoms with Gasteiger partial charge in [-0.05, 0) is 16.7 Å². The molecule has 4 rings (SSSR count). The number of halogens is 1. The van der Waals surface area contributed by atoms with Gasteiger partial charge in [0.1, 0.15) is 0 Å². The molecule has 3 aromatic rings. The smallest absolute Gasteiger partial charge is 0.331 e. The summed E-state index contributed by atoms with van der Waals surface area (Å²) in [7, 11) is -7.43. The molecule has 1 saturated heterocycles. The zero-order chi connectivity index (χ0) is 31.4. The number of aliphatic hydroxyl groups excluding tert-OH is 3. The standard InChI is InChI=1S/C18H23O5P.C11H15O4P.CH3F.CH4/c19-11-18(12-20)15-24(21,22-13-16-7-3-1-4-8-16)23-14-17-9-5-2-6-10-17;12-6-11-8-15-16(13,9-11)14-7-10-4-2-1-3-5-10;1-2;/h1-10,18-20H,11-15H2;1-5,11-12H,6-9H2;1H3;1H4/i;;1D;. The zero-order valence-electron chi connectivity index (χ0n) is 24.4. The Hall–Kier alpha value is -2.23. The van der Waals surface area contributed by atoms with Crippen molar-refractivity contribution in [3.05, 3.63) is 108 Å². The summed E-state index contributed by atoms with van der Waals surface area (Å²) in [5, 5.41) is 27.5. The van der Waals surface area contributed by atoms with E-state index in [0.717, 1.165) is 16.7 Å². The SMILES string of the molecule is C.O=P(CC(CO)CO)(OCc1ccccc1)OCc1ccccc1.O=P1(OCc2ccccc2)CC(CO)CO1.[2H]CF. The number of hydrogen-bond donors (Lipinski definition) is 3. The molecule has 0 bridgehead atoms. The van der Waals surface area contributed by atoms with E-state index >= 15 is 0 Å². The molecule has 3 aromatic carbocycles. The van der Waals surface area contributed by atoms with Crippen LogP contribution in [0.1, 0.15) is 25.5 Å². The molecule has 9 nitrogen and oxygen atoms in total. The van der Waals surface area contributed by atoms with Gasteiger partial charge in [0.2, 0.25) is 0 Å². The van der Waals surface area contributed by atoms with E-state index < -0.39 is 28.3 Å². The topological polar surface area (TPSA) is 132 Å². The fraction of sp³-hybridized carbons (Fsp3) is 0.419. The van der Waals surface area contributed by atoms with Crippen molar-refractivity contribution in [1.82, 2.24) is 0 Å². The van der Waals surface area contributed by atoms with Crippen LogP contribution in [0.5, 0.6) is 0 Å². The van der Waals surface area contributed by atoms with E-state index in [1.54, 1.807) is 0 Å². The first-order valence-electron chi connectivity index (χ1n) is 14.0. The number of benzene rings is 3. The highest BCUT2D eigenvalue weighted by Crippen LogP contribution is 2.55. The first kappa shape index (κ1) is 37.0. The molecule has 1 aliphatic heterocycles. The van der Waals surface area contributed by atoms with Crippen molar-refractivity contribution >= 4 is 15.2 Å². The van der Waals surface area contributed by atoms with Gasteiger partial charge in [0.25, 0.3) is 0 Å². The van der Waals surface area contributed by atoms with Crippen molar-refractivity contribution in [3.63, 3.8) is 0 Å². The molecule has 0 aromatic heterocycles. The Bertz CT molecular complexity index is 1180. The van der Waals surface area contributed by atoms with Crippen molar-refractivity contribution in [3.8, 4) is 0 Å². The highest BCUT2D eigenvalue weighted by atomic mass is 31.2. The molecule has 1 aliphatic rings. The molecule has 0 spiro atoms. The van der Waals surface area contributed by atoms with Gasteiger partial charge in [-0.15, -0.1) is 0 Å². The lowest BCUT2D eigenvalue weighted by atomic mass is 10.2. The van der Waals surface area contributed by atoms with E-state index in [1.807, 2.05) is 91.0 Å². The molecule has 240 valence electrons. The Kier molecular flexibility index (Phi) is 18.5. The Labute approximate surface area is 256 Å². The molecule has 0 saturated carbocycles. The first-order valence-corrected chi connectivity index (χ1v) is 16.8. The molecule has 0 aliphatic carbocycles. The highest BCUT2D eigenvalue weighted by Gasteiger charge is 2.36. The number of aliphatic hydroxyl groups is 3. The largest absolute Gasteiger partial charge is 0.396 e. The average molecular weight is 644 g/mol. The zero-order valence-corrected chi connectivity index (χ0v) is 25.2. The average Bonchev–Trinajstić information content (AvgIpc) is 3.44. The van der Waals surface area contributed by atoms with Gasteiger partial charge in [0, 0.05) is 31.7 Å². The van der Waals surface area contributed by atoms with Crippen LogP contribution in [0.4, 0.5) is 4.39 Å². The number of rotatable bonds is 14. The molecule has 2 unspecified atom stereocenters. The van der Waals surface area contributed by atoms with E-state index in [0.29, 0.717) is 12.8 Å². The van der Waals surface area contributed by atoms with Gasteiger partial charge in [-0.2, -0.15) is 0 Å². The second-order valence-electron chi connectivity index (χ2n) is 9.44. The Morgan fingerprint density at radius 3 is 1.67 bits per heavy atom. The summed E-state index contributed by atoms with van der Waals surface area (Å²) in [5.74, 6) is -0.594. The van der Waals surface area contributed by atoms with Crippen molar-refractivity contribution in [2.45, 2.75) is 27.2 Å². The maximum atomic E-state index is 13.0. The minimum Gasteiger partial charge on any atom is -0.396 e. The summed E-state index contributed by atoms with van der Waals surface area (Å²) in [6.45, 7) is 0.359. The molecule has 12 heteroatoms. The van der Waals surface area contributed by atoms with E-state index in [9.17, 15) is 23.7 Å². The Balaban J connectivity index is 0.000000419. The van der Waals surface area contributed by atoms with Crippen molar-refractivity contribution < 1.29 is 48.3 Å². The monoisotopic (exact) mass is 643 g/mol. The summed E-state index contributed by atoms with van der Waals surface area (Å²) in [4.78, 5) is 0. The van der Waals surface area contributed by atoms with Crippen molar-refractivity contribution in [1.29, 1.82) is 0 Å². The lowest BCUT2D eigenvalue weighted by molar-refractivity contribution is 0.144. The van der Waals surface area contributed by atoms with Crippen molar-refractivity contribution in [2.24, 2.45) is 11.8 Å². The van der Waals surface area contributed by atoms with Crippen LogP contribution >= 0.6 is 15.2 Å². The van der Waals surface area contributed by atoms with Gasteiger partial charge < -0.3 is 33.4 Å². The van der Waals surface area contributed by atoms with Gasteiger partial charge in [0.15, 0.2) is 0 Å². The predicted octanol–water partition coefficient (Wildman–Crippen LogP) is 6.47. The molecule has 0 amide bonds. The molecular weight excluding hydrogens is 597 g/mol. The van der Waals surface area contributed by atoms with E-state index in [4.69, 9.17) is 24.6 Å². The molecular formula is C31H45FO9P2. The van der Waals surface area contributed by atoms with Crippen LogP contribution in [0.3, 0.4) is 0 Å². The van der Waals surface area contributed by atoms with Crippen LogP contribution < -0.4 is 0 Å². The van der Waals surface area contributed by atoms with Crippen LogP contribution in [-0.2, 0) is 47.0 Å². The van der Waals surface area contributed by atoms with E-state index in [2.05, 4.69) is 0 Å². The fourth-order valence-corrected chi connectivity index (χ4v) is 7.48. The third-order valence-corrected chi connectivity index (χ3v) is 10.1. The molecule has 0 radical (unpaired) electrons. The normalized spacial score (nSPS) is 18.0.